The van der Waals surface area contributed by atoms with Crippen molar-refractivity contribution in [2.45, 2.75) is 6.54 Å². The van der Waals surface area contributed by atoms with Crippen LogP contribution in [0, 0.1) is 0 Å². The van der Waals surface area contributed by atoms with Gasteiger partial charge in [0.25, 0.3) is 0 Å². The standard InChI is InChI=1S/C17H13Cl2N3.ClH/c18-9-10-21-16(12-5-7-13(19)8-6-12)11-22-15-4-2-1-3-14(15)20-17(21)22;/h1-8,11H,9-10H2;1H. The molecule has 23 heavy (non-hydrogen) atoms. The highest BCUT2D eigenvalue weighted by molar-refractivity contribution is 6.30. The Morgan fingerprint density at radius 3 is 2.48 bits per heavy atom. The normalized spacial score (nSPS) is 11.0. The Hall–Kier alpha value is -1.68. The molecule has 0 bridgehead atoms. The van der Waals surface area contributed by atoms with Gasteiger partial charge in [0.15, 0.2) is 0 Å². The van der Waals surface area contributed by atoms with Gasteiger partial charge in [0.2, 0.25) is 5.78 Å². The van der Waals surface area contributed by atoms with Crippen molar-refractivity contribution in [2.75, 3.05) is 5.88 Å². The molecule has 0 unspecified atom stereocenters. The number of nitrogens with zero attached hydrogens (tertiary/aromatic N) is 3. The predicted octanol–water partition coefficient (Wildman–Crippen LogP) is 5.27. The van der Waals surface area contributed by atoms with E-state index in [2.05, 4.69) is 21.2 Å². The first-order chi connectivity index (χ1) is 10.8. The molecule has 0 radical (unpaired) electrons. The van der Waals surface area contributed by atoms with Crippen LogP contribution in [0.3, 0.4) is 0 Å². The molecule has 2 aromatic carbocycles. The number of benzene rings is 2. The second-order valence-corrected chi connectivity index (χ2v) is 5.95. The van der Waals surface area contributed by atoms with Crippen LogP contribution in [0.5, 0.6) is 0 Å². The molecule has 0 spiro atoms. The number of rotatable bonds is 3. The van der Waals surface area contributed by atoms with Gasteiger partial charge < -0.3 is 4.57 Å². The number of imidazole rings is 2. The molecule has 0 saturated carbocycles. The van der Waals surface area contributed by atoms with Crippen molar-refractivity contribution in [1.29, 1.82) is 0 Å². The first-order valence-electron chi connectivity index (χ1n) is 7.06. The highest BCUT2D eigenvalue weighted by atomic mass is 35.5. The SMILES string of the molecule is Cl.ClCCn1c(-c2ccc(Cl)cc2)cn2c3ccccc3nc12. The molecule has 0 aliphatic carbocycles. The average molecular weight is 367 g/mol. The summed E-state index contributed by atoms with van der Waals surface area (Å²) >= 11 is 12.0. The van der Waals surface area contributed by atoms with Gasteiger partial charge in [-0.25, -0.2) is 4.98 Å². The number of aromatic nitrogens is 3. The van der Waals surface area contributed by atoms with E-state index in [4.69, 9.17) is 28.2 Å². The summed E-state index contributed by atoms with van der Waals surface area (Å²) in [5.41, 5.74) is 4.28. The zero-order valence-corrected chi connectivity index (χ0v) is 14.4. The van der Waals surface area contributed by atoms with Crippen molar-refractivity contribution < 1.29 is 0 Å². The number of hydrogen-bond donors (Lipinski definition) is 0. The highest BCUT2D eigenvalue weighted by Crippen LogP contribution is 2.27. The van der Waals surface area contributed by atoms with Gasteiger partial charge in [-0.2, -0.15) is 0 Å². The smallest absolute Gasteiger partial charge is 0.215 e. The minimum Gasteiger partial charge on any atom is -0.308 e. The van der Waals surface area contributed by atoms with Crippen LogP contribution >= 0.6 is 35.6 Å². The molecule has 118 valence electrons. The van der Waals surface area contributed by atoms with E-state index in [1.54, 1.807) is 0 Å². The Labute approximate surface area is 149 Å². The third kappa shape index (κ3) is 2.69. The Morgan fingerprint density at radius 2 is 1.74 bits per heavy atom. The number of para-hydroxylation sites is 2. The number of hydrogen-bond acceptors (Lipinski definition) is 1. The summed E-state index contributed by atoms with van der Waals surface area (Å²) in [6, 6.07) is 16.0. The molecule has 4 rings (SSSR count). The van der Waals surface area contributed by atoms with Gasteiger partial charge in [0, 0.05) is 23.6 Å². The monoisotopic (exact) mass is 365 g/mol. The van der Waals surface area contributed by atoms with Gasteiger partial charge >= 0.3 is 0 Å². The number of aryl methyl sites for hydroxylation is 1. The predicted molar refractivity (Wildman–Crippen MR) is 99.1 cm³/mol. The fraction of sp³-hybridized carbons (Fsp3) is 0.118. The third-order valence-corrected chi connectivity index (χ3v) is 4.23. The van der Waals surface area contributed by atoms with Crippen molar-refractivity contribution in [3.63, 3.8) is 0 Å². The second kappa shape index (κ2) is 6.44. The van der Waals surface area contributed by atoms with Gasteiger partial charge in [0.05, 0.1) is 16.7 Å². The summed E-state index contributed by atoms with van der Waals surface area (Å²) in [7, 11) is 0. The summed E-state index contributed by atoms with van der Waals surface area (Å²) in [5.74, 6) is 1.44. The van der Waals surface area contributed by atoms with E-state index in [1.807, 2.05) is 42.5 Å². The van der Waals surface area contributed by atoms with Crippen molar-refractivity contribution in [3.8, 4) is 11.3 Å². The maximum absolute atomic E-state index is 6.00. The van der Waals surface area contributed by atoms with E-state index in [0.717, 1.165) is 33.1 Å². The van der Waals surface area contributed by atoms with Crippen molar-refractivity contribution in [1.82, 2.24) is 14.0 Å². The van der Waals surface area contributed by atoms with Crippen LogP contribution in [0.25, 0.3) is 28.1 Å². The molecule has 2 aromatic heterocycles. The lowest BCUT2D eigenvalue weighted by Gasteiger charge is -2.06. The van der Waals surface area contributed by atoms with Gasteiger partial charge in [0.1, 0.15) is 0 Å². The Balaban J connectivity index is 0.00000156. The van der Waals surface area contributed by atoms with E-state index in [1.165, 1.54) is 0 Å². The molecular weight excluding hydrogens is 353 g/mol. The minimum atomic E-state index is 0. The van der Waals surface area contributed by atoms with E-state index < -0.39 is 0 Å². The van der Waals surface area contributed by atoms with E-state index in [0.29, 0.717) is 12.4 Å². The molecule has 6 heteroatoms. The first kappa shape index (κ1) is 16.2. The van der Waals surface area contributed by atoms with Crippen LogP contribution in [0.2, 0.25) is 5.02 Å². The Bertz CT molecular complexity index is 954. The zero-order valence-electron chi connectivity index (χ0n) is 12.1. The largest absolute Gasteiger partial charge is 0.308 e. The summed E-state index contributed by atoms with van der Waals surface area (Å²) < 4.78 is 4.27. The lowest BCUT2D eigenvalue weighted by Crippen LogP contribution is -2.02. The summed E-state index contributed by atoms with van der Waals surface area (Å²) in [4.78, 5) is 4.74. The van der Waals surface area contributed by atoms with Crippen LogP contribution in [0.1, 0.15) is 0 Å². The van der Waals surface area contributed by atoms with Crippen molar-refractivity contribution in [3.05, 3.63) is 59.8 Å². The van der Waals surface area contributed by atoms with E-state index in [9.17, 15) is 0 Å². The maximum Gasteiger partial charge on any atom is 0.215 e. The van der Waals surface area contributed by atoms with Crippen LogP contribution in [0.15, 0.2) is 54.7 Å². The van der Waals surface area contributed by atoms with E-state index in [-0.39, 0.29) is 12.4 Å². The van der Waals surface area contributed by atoms with E-state index >= 15 is 0 Å². The van der Waals surface area contributed by atoms with Gasteiger partial charge in [-0.05, 0) is 29.8 Å². The summed E-state index contributed by atoms with van der Waals surface area (Å²) in [6.07, 6.45) is 2.11. The molecule has 0 fully saturated rings. The topological polar surface area (TPSA) is 22.2 Å². The molecular formula is C17H14Cl3N3. The summed E-state index contributed by atoms with van der Waals surface area (Å²) in [6.45, 7) is 0.708. The fourth-order valence-electron chi connectivity index (χ4n) is 2.81. The van der Waals surface area contributed by atoms with Crippen LogP contribution < -0.4 is 0 Å². The van der Waals surface area contributed by atoms with Crippen molar-refractivity contribution >= 4 is 52.4 Å². The van der Waals surface area contributed by atoms with Gasteiger partial charge in [-0.3, -0.25) is 4.40 Å². The van der Waals surface area contributed by atoms with Gasteiger partial charge in [-0.1, -0.05) is 35.9 Å². The second-order valence-electron chi connectivity index (χ2n) is 5.13. The maximum atomic E-state index is 6.00. The number of fused-ring (bicyclic) bond motifs is 3. The molecule has 0 N–H and O–H groups in total. The molecule has 2 heterocycles. The minimum absolute atomic E-state index is 0. The molecule has 3 nitrogen and oxygen atoms in total. The molecule has 0 amide bonds. The quantitative estimate of drug-likeness (QED) is 0.453. The highest BCUT2D eigenvalue weighted by Gasteiger charge is 2.14. The molecule has 0 aliphatic heterocycles. The number of alkyl halides is 1. The lowest BCUT2D eigenvalue weighted by atomic mass is 10.2. The Morgan fingerprint density at radius 1 is 1.00 bits per heavy atom. The molecule has 0 atom stereocenters. The third-order valence-electron chi connectivity index (χ3n) is 3.81. The lowest BCUT2D eigenvalue weighted by molar-refractivity contribution is 0.796. The van der Waals surface area contributed by atoms with Gasteiger partial charge in [-0.15, -0.1) is 24.0 Å². The molecule has 0 aliphatic rings. The molecule has 0 saturated heterocycles. The average Bonchev–Trinajstić information content (AvgIpc) is 3.06. The summed E-state index contributed by atoms with van der Waals surface area (Å²) in [5, 5.41) is 0.731. The molecule has 4 aromatic rings. The van der Waals surface area contributed by atoms with Crippen molar-refractivity contribution in [2.24, 2.45) is 0 Å². The Kier molecular flexibility index (Phi) is 4.53. The zero-order chi connectivity index (χ0) is 15.1. The number of halogens is 3. The first-order valence-corrected chi connectivity index (χ1v) is 7.97. The van der Waals surface area contributed by atoms with Crippen LogP contribution in [-0.2, 0) is 6.54 Å². The van der Waals surface area contributed by atoms with Crippen LogP contribution in [-0.4, -0.2) is 19.8 Å². The fourth-order valence-corrected chi connectivity index (χ4v) is 3.10. The van der Waals surface area contributed by atoms with Crippen LogP contribution in [0.4, 0.5) is 0 Å².